The van der Waals surface area contributed by atoms with Crippen LogP contribution in [-0.4, -0.2) is 25.6 Å². The van der Waals surface area contributed by atoms with Gasteiger partial charge in [0, 0.05) is 18.4 Å². The van der Waals surface area contributed by atoms with Crippen molar-refractivity contribution < 1.29 is 9.53 Å². The molecule has 0 aromatic heterocycles. The van der Waals surface area contributed by atoms with Crippen molar-refractivity contribution in [2.24, 2.45) is 0 Å². The van der Waals surface area contributed by atoms with Crippen LogP contribution in [0.5, 0.6) is 0 Å². The molecule has 0 spiro atoms. The number of carbonyl (C=O) groups excluding carboxylic acids is 1. The average molecular weight is 234 g/mol. The lowest BCUT2D eigenvalue weighted by Gasteiger charge is -2.14. The number of para-hydroxylation sites is 1. The van der Waals surface area contributed by atoms with Crippen molar-refractivity contribution in [3.63, 3.8) is 0 Å². The molecule has 0 aliphatic carbocycles. The standard InChI is InChI=1S/C13H18N2O2/c1-17-9-10-5-2-3-6-11(10)15-13(16)12-7-4-8-14-12/h2-3,5-6,12,14H,4,7-9H2,1H3,(H,15,16). The molecular weight excluding hydrogens is 216 g/mol. The molecular formula is C13H18N2O2. The summed E-state index contributed by atoms with van der Waals surface area (Å²) in [5.74, 6) is 0.0473. The number of benzene rings is 1. The molecule has 1 aliphatic rings. The number of hydrogen-bond acceptors (Lipinski definition) is 3. The fourth-order valence-corrected chi connectivity index (χ4v) is 2.05. The second-order valence-corrected chi connectivity index (χ2v) is 4.23. The zero-order chi connectivity index (χ0) is 12.1. The third kappa shape index (κ3) is 3.05. The third-order valence-electron chi connectivity index (χ3n) is 2.95. The maximum Gasteiger partial charge on any atom is 0.241 e. The van der Waals surface area contributed by atoms with E-state index in [1.54, 1.807) is 7.11 Å². The Hall–Kier alpha value is -1.39. The summed E-state index contributed by atoms with van der Waals surface area (Å²) in [4.78, 5) is 12.0. The van der Waals surface area contributed by atoms with E-state index in [9.17, 15) is 4.79 Å². The van der Waals surface area contributed by atoms with Crippen molar-refractivity contribution in [2.75, 3.05) is 19.0 Å². The fraction of sp³-hybridized carbons (Fsp3) is 0.462. The van der Waals surface area contributed by atoms with E-state index in [2.05, 4.69) is 10.6 Å². The quantitative estimate of drug-likeness (QED) is 0.830. The smallest absolute Gasteiger partial charge is 0.241 e. The predicted octanol–water partition coefficient (Wildman–Crippen LogP) is 1.52. The Morgan fingerprint density at radius 2 is 2.35 bits per heavy atom. The van der Waals surface area contributed by atoms with Crippen LogP contribution < -0.4 is 10.6 Å². The molecule has 4 heteroatoms. The van der Waals surface area contributed by atoms with Crippen LogP contribution in [0.25, 0.3) is 0 Å². The van der Waals surface area contributed by atoms with Gasteiger partial charge in [-0.3, -0.25) is 4.79 Å². The van der Waals surface area contributed by atoms with Gasteiger partial charge < -0.3 is 15.4 Å². The monoisotopic (exact) mass is 234 g/mol. The fourth-order valence-electron chi connectivity index (χ4n) is 2.05. The van der Waals surface area contributed by atoms with Crippen LogP contribution in [0.15, 0.2) is 24.3 Å². The number of carbonyl (C=O) groups is 1. The molecule has 0 bridgehead atoms. The molecule has 1 aromatic rings. The Morgan fingerprint density at radius 3 is 3.06 bits per heavy atom. The molecule has 17 heavy (non-hydrogen) atoms. The first-order chi connectivity index (χ1) is 8.31. The molecule has 1 atom stereocenters. The van der Waals surface area contributed by atoms with Gasteiger partial charge in [0.25, 0.3) is 0 Å². The highest BCUT2D eigenvalue weighted by atomic mass is 16.5. The summed E-state index contributed by atoms with van der Waals surface area (Å²) in [5, 5.41) is 6.14. The van der Waals surface area contributed by atoms with Crippen LogP contribution in [0.4, 0.5) is 5.69 Å². The molecule has 1 aromatic carbocycles. The first kappa shape index (κ1) is 12.1. The van der Waals surface area contributed by atoms with E-state index in [-0.39, 0.29) is 11.9 Å². The predicted molar refractivity (Wildman–Crippen MR) is 66.8 cm³/mol. The average Bonchev–Trinajstić information content (AvgIpc) is 2.85. The first-order valence-corrected chi connectivity index (χ1v) is 5.92. The van der Waals surface area contributed by atoms with Crippen LogP contribution in [0.1, 0.15) is 18.4 Å². The molecule has 4 nitrogen and oxygen atoms in total. The highest BCUT2D eigenvalue weighted by molar-refractivity contribution is 5.95. The maximum atomic E-state index is 12.0. The number of hydrogen-bond donors (Lipinski definition) is 2. The van der Waals surface area contributed by atoms with Crippen molar-refractivity contribution in [3.05, 3.63) is 29.8 Å². The summed E-state index contributed by atoms with van der Waals surface area (Å²) in [6.07, 6.45) is 1.98. The van der Waals surface area contributed by atoms with Gasteiger partial charge in [0.15, 0.2) is 0 Å². The number of ether oxygens (including phenoxy) is 1. The van der Waals surface area contributed by atoms with Crippen molar-refractivity contribution in [1.29, 1.82) is 0 Å². The number of methoxy groups -OCH3 is 1. The molecule has 1 fully saturated rings. The number of rotatable bonds is 4. The van der Waals surface area contributed by atoms with E-state index >= 15 is 0 Å². The molecule has 1 heterocycles. The summed E-state index contributed by atoms with van der Waals surface area (Å²) in [6, 6.07) is 7.67. The van der Waals surface area contributed by atoms with Crippen molar-refractivity contribution in [3.8, 4) is 0 Å². The zero-order valence-corrected chi connectivity index (χ0v) is 10.0. The largest absolute Gasteiger partial charge is 0.380 e. The summed E-state index contributed by atoms with van der Waals surface area (Å²) >= 11 is 0. The Kier molecular flexibility index (Phi) is 4.12. The Morgan fingerprint density at radius 1 is 1.53 bits per heavy atom. The Labute approximate surface area is 101 Å². The van der Waals surface area contributed by atoms with Crippen LogP contribution in [0, 0.1) is 0 Å². The highest BCUT2D eigenvalue weighted by Gasteiger charge is 2.22. The molecule has 2 rings (SSSR count). The second-order valence-electron chi connectivity index (χ2n) is 4.23. The minimum absolute atomic E-state index is 0.0473. The maximum absolute atomic E-state index is 12.0. The first-order valence-electron chi connectivity index (χ1n) is 5.92. The van der Waals surface area contributed by atoms with E-state index in [0.717, 1.165) is 30.6 Å². The van der Waals surface area contributed by atoms with Gasteiger partial charge in [0.1, 0.15) is 0 Å². The van der Waals surface area contributed by atoms with E-state index < -0.39 is 0 Å². The minimum Gasteiger partial charge on any atom is -0.380 e. The molecule has 1 aliphatic heterocycles. The summed E-state index contributed by atoms with van der Waals surface area (Å²) in [6.45, 7) is 1.44. The van der Waals surface area contributed by atoms with E-state index in [1.165, 1.54) is 0 Å². The lowest BCUT2D eigenvalue weighted by Crippen LogP contribution is -2.35. The van der Waals surface area contributed by atoms with Crippen molar-refractivity contribution >= 4 is 11.6 Å². The topological polar surface area (TPSA) is 50.4 Å². The molecule has 0 saturated carbocycles. The molecule has 0 radical (unpaired) electrons. The second kappa shape index (κ2) is 5.80. The minimum atomic E-state index is -0.0504. The van der Waals surface area contributed by atoms with Crippen LogP contribution in [0.2, 0.25) is 0 Å². The van der Waals surface area contributed by atoms with Crippen LogP contribution in [0.3, 0.4) is 0 Å². The normalized spacial score (nSPS) is 19.2. The SMILES string of the molecule is COCc1ccccc1NC(=O)C1CCCN1. The molecule has 1 amide bonds. The van der Waals surface area contributed by atoms with E-state index in [4.69, 9.17) is 4.74 Å². The van der Waals surface area contributed by atoms with Gasteiger partial charge in [-0.2, -0.15) is 0 Å². The molecule has 1 unspecified atom stereocenters. The van der Waals surface area contributed by atoms with Crippen LogP contribution >= 0.6 is 0 Å². The number of nitrogens with one attached hydrogen (secondary N) is 2. The van der Waals surface area contributed by atoms with E-state index in [1.807, 2.05) is 24.3 Å². The number of anilines is 1. The zero-order valence-electron chi connectivity index (χ0n) is 10.0. The summed E-state index contributed by atoms with van der Waals surface area (Å²) < 4.78 is 5.11. The third-order valence-corrected chi connectivity index (χ3v) is 2.95. The molecule has 1 saturated heterocycles. The van der Waals surface area contributed by atoms with Gasteiger partial charge in [-0.25, -0.2) is 0 Å². The van der Waals surface area contributed by atoms with Gasteiger partial charge >= 0.3 is 0 Å². The van der Waals surface area contributed by atoms with Gasteiger partial charge in [0.2, 0.25) is 5.91 Å². The van der Waals surface area contributed by atoms with Crippen LogP contribution in [-0.2, 0) is 16.1 Å². The van der Waals surface area contributed by atoms with Gasteiger partial charge in [-0.1, -0.05) is 18.2 Å². The van der Waals surface area contributed by atoms with Gasteiger partial charge in [-0.15, -0.1) is 0 Å². The van der Waals surface area contributed by atoms with Crippen molar-refractivity contribution in [1.82, 2.24) is 5.32 Å². The lowest BCUT2D eigenvalue weighted by atomic mass is 10.1. The molecule has 2 N–H and O–H groups in total. The Balaban J connectivity index is 2.04. The van der Waals surface area contributed by atoms with Gasteiger partial charge in [-0.05, 0) is 25.5 Å². The highest BCUT2D eigenvalue weighted by Crippen LogP contribution is 2.17. The summed E-state index contributed by atoms with van der Waals surface area (Å²) in [7, 11) is 1.65. The van der Waals surface area contributed by atoms with E-state index in [0.29, 0.717) is 6.61 Å². The Bertz CT molecular complexity index is 387. The number of amides is 1. The lowest BCUT2D eigenvalue weighted by molar-refractivity contribution is -0.117. The van der Waals surface area contributed by atoms with Crippen molar-refractivity contribution in [2.45, 2.75) is 25.5 Å². The summed E-state index contributed by atoms with van der Waals surface area (Å²) in [5.41, 5.74) is 1.84. The van der Waals surface area contributed by atoms with Gasteiger partial charge in [0.05, 0.1) is 12.6 Å². The molecule has 92 valence electrons.